The predicted octanol–water partition coefficient (Wildman–Crippen LogP) is 3.59. The molecule has 6 heteroatoms. The topological polar surface area (TPSA) is 73.4 Å². The van der Waals surface area contributed by atoms with Crippen LogP contribution in [0.25, 0.3) is 17.1 Å². The van der Waals surface area contributed by atoms with Gasteiger partial charge in [-0.25, -0.2) is 9.78 Å². The first-order valence-corrected chi connectivity index (χ1v) is 7.83. The summed E-state index contributed by atoms with van der Waals surface area (Å²) in [4.78, 5) is 19.1. The fraction of sp³-hybridized carbons (Fsp3) is 0.158. The number of fused-ring (bicyclic) bond motifs is 1. The SMILES string of the molecule is CCOc1ccc(/C=C/C(=O)Oc2ccc3nc[nH]c3c2)cc1OC. The Morgan fingerprint density at radius 2 is 2.08 bits per heavy atom. The van der Waals surface area contributed by atoms with Crippen molar-refractivity contribution in [3.63, 3.8) is 0 Å². The molecule has 0 fully saturated rings. The summed E-state index contributed by atoms with van der Waals surface area (Å²) in [5.74, 6) is 1.27. The molecule has 0 saturated heterocycles. The van der Waals surface area contributed by atoms with Gasteiger partial charge in [-0.2, -0.15) is 0 Å². The van der Waals surface area contributed by atoms with Crippen LogP contribution in [0, 0.1) is 0 Å². The molecule has 0 bridgehead atoms. The second kappa shape index (κ2) is 7.53. The fourth-order valence-corrected chi connectivity index (χ4v) is 2.36. The summed E-state index contributed by atoms with van der Waals surface area (Å²) >= 11 is 0. The number of H-pyrrole nitrogens is 1. The summed E-state index contributed by atoms with van der Waals surface area (Å²) in [5, 5.41) is 0. The van der Waals surface area contributed by atoms with Crippen LogP contribution in [-0.4, -0.2) is 29.7 Å². The summed E-state index contributed by atoms with van der Waals surface area (Å²) in [7, 11) is 1.57. The highest BCUT2D eigenvalue weighted by molar-refractivity contribution is 5.89. The van der Waals surface area contributed by atoms with Gasteiger partial charge in [0, 0.05) is 12.1 Å². The zero-order valence-electron chi connectivity index (χ0n) is 14.0. The van der Waals surface area contributed by atoms with Crippen LogP contribution >= 0.6 is 0 Å². The van der Waals surface area contributed by atoms with Gasteiger partial charge >= 0.3 is 5.97 Å². The van der Waals surface area contributed by atoms with Crippen molar-refractivity contribution in [2.45, 2.75) is 6.92 Å². The van der Waals surface area contributed by atoms with Crippen molar-refractivity contribution in [1.29, 1.82) is 0 Å². The molecule has 1 N–H and O–H groups in total. The van der Waals surface area contributed by atoms with Crippen LogP contribution in [0.15, 0.2) is 48.8 Å². The Morgan fingerprint density at radius 3 is 2.88 bits per heavy atom. The van der Waals surface area contributed by atoms with Gasteiger partial charge < -0.3 is 19.2 Å². The van der Waals surface area contributed by atoms with E-state index in [-0.39, 0.29) is 0 Å². The van der Waals surface area contributed by atoms with Crippen molar-refractivity contribution in [1.82, 2.24) is 9.97 Å². The number of carbonyl (C=O) groups is 1. The van der Waals surface area contributed by atoms with Gasteiger partial charge in [0.2, 0.25) is 0 Å². The second-order valence-corrected chi connectivity index (χ2v) is 5.18. The quantitative estimate of drug-likeness (QED) is 0.422. The lowest BCUT2D eigenvalue weighted by molar-refractivity contribution is -0.128. The van der Waals surface area contributed by atoms with E-state index >= 15 is 0 Å². The number of benzene rings is 2. The number of aromatic nitrogens is 2. The lowest BCUT2D eigenvalue weighted by Gasteiger charge is -2.09. The monoisotopic (exact) mass is 338 g/mol. The highest BCUT2D eigenvalue weighted by atomic mass is 16.5. The maximum absolute atomic E-state index is 12.0. The minimum absolute atomic E-state index is 0.454. The Bertz CT molecular complexity index is 915. The average molecular weight is 338 g/mol. The molecule has 128 valence electrons. The molecule has 2 aromatic carbocycles. The number of nitrogens with one attached hydrogen (secondary N) is 1. The van der Waals surface area contributed by atoms with E-state index in [0.29, 0.717) is 23.9 Å². The Morgan fingerprint density at radius 1 is 1.20 bits per heavy atom. The number of nitrogens with zero attached hydrogens (tertiary/aromatic N) is 1. The summed E-state index contributed by atoms with van der Waals surface area (Å²) in [5.41, 5.74) is 2.43. The van der Waals surface area contributed by atoms with Crippen LogP contribution in [-0.2, 0) is 4.79 Å². The highest BCUT2D eigenvalue weighted by Gasteiger charge is 2.06. The zero-order chi connectivity index (χ0) is 17.6. The smallest absolute Gasteiger partial charge is 0.336 e. The molecule has 25 heavy (non-hydrogen) atoms. The molecule has 0 radical (unpaired) electrons. The van der Waals surface area contributed by atoms with Gasteiger partial charge in [0.05, 0.1) is 31.1 Å². The molecule has 1 aromatic heterocycles. The van der Waals surface area contributed by atoms with Gasteiger partial charge in [-0.3, -0.25) is 0 Å². The molecule has 0 spiro atoms. The highest BCUT2D eigenvalue weighted by Crippen LogP contribution is 2.28. The molecule has 0 aliphatic rings. The number of carbonyl (C=O) groups excluding carboxylic acids is 1. The number of methoxy groups -OCH3 is 1. The average Bonchev–Trinajstić information content (AvgIpc) is 3.09. The molecule has 0 amide bonds. The number of hydrogen-bond acceptors (Lipinski definition) is 5. The van der Waals surface area contributed by atoms with Gasteiger partial charge in [-0.15, -0.1) is 0 Å². The third-order valence-electron chi connectivity index (χ3n) is 3.51. The number of esters is 1. The van der Waals surface area contributed by atoms with Crippen LogP contribution in [0.4, 0.5) is 0 Å². The molecule has 0 aliphatic heterocycles. The third-order valence-corrected chi connectivity index (χ3v) is 3.51. The van der Waals surface area contributed by atoms with Crippen molar-refractivity contribution in [3.05, 3.63) is 54.4 Å². The van der Waals surface area contributed by atoms with Gasteiger partial charge in [-0.05, 0) is 42.8 Å². The number of imidazole rings is 1. The van der Waals surface area contributed by atoms with Crippen LogP contribution in [0.1, 0.15) is 12.5 Å². The largest absolute Gasteiger partial charge is 0.493 e. The lowest BCUT2D eigenvalue weighted by Crippen LogP contribution is -2.03. The molecule has 3 rings (SSSR count). The minimum Gasteiger partial charge on any atom is -0.493 e. The van der Waals surface area contributed by atoms with E-state index in [0.717, 1.165) is 16.6 Å². The molecular weight excluding hydrogens is 320 g/mol. The Balaban J connectivity index is 1.69. The zero-order valence-corrected chi connectivity index (χ0v) is 14.0. The Kier molecular flexibility index (Phi) is 4.99. The van der Waals surface area contributed by atoms with E-state index < -0.39 is 5.97 Å². The second-order valence-electron chi connectivity index (χ2n) is 5.18. The molecule has 0 unspecified atom stereocenters. The Hall–Kier alpha value is -3.28. The first kappa shape index (κ1) is 16.6. The number of hydrogen-bond donors (Lipinski definition) is 1. The van der Waals surface area contributed by atoms with Crippen molar-refractivity contribution in [2.24, 2.45) is 0 Å². The van der Waals surface area contributed by atoms with Crippen molar-refractivity contribution >= 4 is 23.1 Å². The van der Waals surface area contributed by atoms with Gasteiger partial charge in [0.15, 0.2) is 11.5 Å². The van der Waals surface area contributed by atoms with Crippen molar-refractivity contribution in [2.75, 3.05) is 13.7 Å². The molecule has 1 heterocycles. The normalized spacial score (nSPS) is 11.0. The molecule has 0 atom stereocenters. The summed E-state index contributed by atoms with van der Waals surface area (Å²) in [6.07, 6.45) is 4.62. The third kappa shape index (κ3) is 3.98. The predicted molar refractivity (Wildman–Crippen MR) is 94.9 cm³/mol. The molecular formula is C19H18N2O4. The van der Waals surface area contributed by atoms with E-state index in [9.17, 15) is 4.79 Å². The molecule has 6 nitrogen and oxygen atoms in total. The van der Waals surface area contributed by atoms with Gasteiger partial charge in [-0.1, -0.05) is 6.07 Å². The number of rotatable bonds is 6. The van der Waals surface area contributed by atoms with Gasteiger partial charge in [0.1, 0.15) is 5.75 Å². The molecule has 0 saturated carbocycles. The fourth-order valence-electron chi connectivity index (χ4n) is 2.36. The summed E-state index contributed by atoms with van der Waals surface area (Å²) in [6.45, 7) is 2.46. The van der Waals surface area contributed by atoms with E-state index in [2.05, 4.69) is 9.97 Å². The maximum atomic E-state index is 12.0. The van der Waals surface area contributed by atoms with E-state index in [1.807, 2.05) is 13.0 Å². The van der Waals surface area contributed by atoms with Gasteiger partial charge in [0.25, 0.3) is 0 Å². The molecule has 0 aliphatic carbocycles. The van der Waals surface area contributed by atoms with E-state index in [4.69, 9.17) is 14.2 Å². The number of ether oxygens (including phenoxy) is 3. The van der Waals surface area contributed by atoms with Crippen LogP contribution in [0.3, 0.4) is 0 Å². The van der Waals surface area contributed by atoms with Crippen LogP contribution in [0.2, 0.25) is 0 Å². The molecule has 3 aromatic rings. The van der Waals surface area contributed by atoms with Crippen molar-refractivity contribution in [3.8, 4) is 17.2 Å². The first-order valence-electron chi connectivity index (χ1n) is 7.83. The summed E-state index contributed by atoms with van der Waals surface area (Å²) in [6, 6.07) is 10.7. The first-order chi connectivity index (χ1) is 12.2. The van der Waals surface area contributed by atoms with Crippen molar-refractivity contribution < 1.29 is 19.0 Å². The van der Waals surface area contributed by atoms with Crippen LogP contribution in [0.5, 0.6) is 17.2 Å². The lowest BCUT2D eigenvalue weighted by atomic mass is 10.2. The Labute approximate surface area is 145 Å². The van der Waals surface area contributed by atoms with Crippen LogP contribution < -0.4 is 14.2 Å². The maximum Gasteiger partial charge on any atom is 0.336 e. The standard InChI is InChI=1S/C19H18N2O4/c1-3-24-17-8-4-13(10-18(17)23-2)5-9-19(22)25-14-6-7-15-16(11-14)21-12-20-15/h4-12H,3H2,1-2H3,(H,20,21)/b9-5+. The van der Waals surface area contributed by atoms with E-state index in [1.54, 1.807) is 49.8 Å². The number of aromatic amines is 1. The van der Waals surface area contributed by atoms with E-state index in [1.165, 1.54) is 6.08 Å². The summed E-state index contributed by atoms with van der Waals surface area (Å²) < 4.78 is 16.1. The minimum atomic E-state index is -0.466.